The van der Waals surface area contributed by atoms with Gasteiger partial charge in [0, 0.05) is 13.1 Å². The molecule has 1 N–H and O–H groups in total. The number of aliphatic hydroxyl groups excluding tert-OH is 1. The van der Waals surface area contributed by atoms with Gasteiger partial charge in [0.25, 0.3) is 0 Å². The number of halogens is 3. The number of β-amino-alcohol motifs (C(OH)–C–C–N with tert-alkyl or cyclic N) is 1. The summed E-state index contributed by atoms with van der Waals surface area (Å²) in [4.78, 5) is 13.4. The number of rotatable bonds is 1. The molecule has 0 radical (unpaired) electrons. The highest BCUT2D eigenvalue weighted by molar-refractivity contribution is 5.93. The fraction of sp³-hybridized carbons (Fsp3) is 0.500. The predicted octanol–water partition coefficient (Wildman–Crippen LogP) is 0.884. The van der Waals surface area contributed by atoms with Crippen molar-refractivity contribution in [3.05, 3.63) is 11.8 Å². The molecular formula is C8H8F3N3O3. The van der Waals surface area contributed by atoms with E-state index in [-0.39, 0.29) is 12.4 Å². The van der Waals surface area contributed by atoms with Gasteiger partial charge in [-0.25, -0.2) is 9.69 Å². The summed E-state index contributed by atoms with van der Waals surface area (Å²) in [7, 11) is 1.41. The van der Waals surface area contributed by atoms with E-state index in [2.05, 4.69) is 9.68 Å². The maximum absolute atomic E-state index is 12.2. The van der Waals surface area contributed by atoms with Gasteiger partial charge >= 0.3 is 12.2 Å². The average molecular weight is 251 g/mol. The molecule has 1 unspecified atom stereocenters. The molecule has 0 aromatic carbocycles. The van der Waals surface area contributed by atoms with Gasteiger partial charge in [0.05, 0.1) is 6.54 Å². The lowest BCUT2D eigenvalue weighted by molar-refractivity contribution is -0.155. The average Bonchev–Trinajstić information content (AvgIpc) is 2.73. The molecule has 94 valence electrons. The highest BCUT2D eigenvalue weighted by Crippen LogP contribution is 2.32. The van der Waals surface area contributed by atoms with Gasteiger partial charge in [-0.15, -0.1) is 0 Å². The van der Waals surface area contributed by atoms with Gasteiger partial charge in [0.15, 0.2) is 12.0 Å². The van der Waals surface area contributed by atoms with E-state index < -0.39 is 24.2 Å². The van der Waals surface area contributed by atoms with E-state index in [0.717, 1.165) is 9.80 Å². The van der Waals surface area contributed by atoms with E-state index in [1.807, 2.05) is 0 Å². The third-order valence-electron chi connectivity index (χ3n) is 2.29. The maximum Gasteiger partial charge on any atom is 0.452 e. The van der Waals surface area contributed by atoms with Crippen molar-refractivity contribution in [1.29, 1.82) is 0 Å². The van der Waals surface area contributed by atoms with Crippen molar-refractivity contribution >= 4 is 11.8 Å². The summed E-state index contributed by atoms with van der Waals surface area (Å²) < 4.78 is 40.8. The largest absolute Gasteiger partial charge is 0.452 e. The Morgan fingerprint density at radius 1 is 1.59 bits per heavy atom. The second-order valence-corrected chi connectivity index (χ2v) is 3.56. The number of likely N-dealkylation sites (N-methyl/N-ethyl adjacent to an activating group) is 1. The summed E-state index contributed by atoms with van der Waals surface area (Å²) in [6.07, 6.45) is -5.91. The van der Waals surface area contributed by atoms with E-state index in [4.69, 9.17) is 0 Å². The normalized spacial score (nSPS) is 21.5. The van der Waals surface area contributed by atoms with Crippen LogP contribution in [0.4, 0.5) is 23.8 Å². The molecule has 2 amide bonds. The lowest BCUT2D eigenvalue weighted by atomic mass is 10.4. The summed E-state index contributed by atoms with van der Waals surface area (Å²) in [6, 6.07) is -0.0696. The molecule has 2 heterocycles. The first-order valence-corrected chi connectivity index (χ1v) is 4.57. The van der Waals surface area contributed by atoms with Crippen molar-refractivity contribution in [3.8, 4) is 0 Å². The number of aliphatic hydroxyl groups is 1. The molecule has 1 aliphatic heterocycles. The highest BCUT2D eigenvalue weighted by Gasteiger charge is 2.41. The van der Waals surface area contributed by atoms with Gasteiger partial charge in [0.2, 0.25) is 5.76 Å². The minimum Gasteiger partial charge on any atom is -0.371 e. The number of carbonyl (C=O) groups is 1. The molecule has 0 bridgehead atoms. The molecule has 2 rings (SSSR count). The number of aromatic nitrogens is 1. The quantitative estimate of drug-likeness (QED) is 0.804. The number of alkyl halides is 3. The van der Waals surface area contributed by atoms with Crippen LogP contribution in [0.25, 0.3) is 0 Å². The van der Waals surface area contributed by atoms with Gasteiger partial charge < -0.3 is 14.5 Å². The Kier molecular flexibility index (Phi) is 2.49. The monoisotopic (exact) mass is 251 g/mol. The number of nitrogens with zero attached hydrogens (tertiary/aromatic N) is 3. The zero-order valence-electron chi connectivity index (χ0n) is 8.60. The van der Waals surface area contributed by atoms with Gasteiger partial charge in [-0.3, -0.25) is 0 Å². The topological polar surface area (TPSA) is 69.8 Å². The molecule has 0 saturated carbocycles. The Bertz CT molecular complexity index is 445. The predicted molar refractivity (Wildman–Crippen MR) is 48.0 cm³/mol. The minimum atomic E-state index is -4.68. The molecule has 1 aromatic heterocycles. The third-order valence-corrected chi connectivity index (χ3v) is 2.29. The first-order chi connectivity index (χ1) is 7.80. The van der Waals surface area contributed by atoms with Crippen molar-refractivity contribution in [2.24, 2.45) is 0 Å². The Balaban J connectivity index is 2.29. The molecule has 0 spiro atoms. The lowest BCUT2D eigenvalue weighted by Gasteiger charge is -2.14. The van der Waals surface area contributed by atoms with Gasteiger partial charge in [0.1, 0.15) is 0 Å². The van der Waals surface area contributed by atoms with E-state index in [1.54, 1.807) is 0 Å². The maximum atomic E-state index is 12.2. The second kappa shape index (κ2) is 3.62. The molecule has 17 heavy (non-hydrogen) atoms. The number of hydrogen-bond acceptors (Lipinski definition) is 4. The minimum absolute atomic E-state index is 0.00690. The molecule has 1 aliphatic rings. The number of hydrogen-bond donors (Lipinski definition) is 1. The molecule has 1 atom stereocenters. The van der Waals surface area contributed by atoms with Crippen molar-refractivity contribution in [2.75, 3.05) is 18.5 Å². The molecule has 1 aromatic rings. The summed E-state index contributed by atoms with van der Waals surface area (Å²) in [6.45, 7) is -0.00690. The first kappa shape index (κ1) is 11.7. The number of anilines is 1. The molecule has 0 aliphatic carbocycles. The van der Waals surface area contributed by atoms with Gasteiger partial charge in [-0.2, -0.15) is 13.2 Å². The summed E-state index contributed by atoms with van der Waals surface area (Å²) in [5, 5.41) is 12.6. The molecule has 1 saturated heterocycles. The van der Waals surface area contributed by atoms with Crippen LogP contribution in [0, 0.1) is 0 Å². The van der Waals surface area contributed by atoms with Gasteiger partial charge in [-0.05, 0) is 0 Å². The molecule has 6 nitrogen and oxygen atoms in total. The van der Waals surface area contributed by atoms with E-state index in [9.17, 15) is 23.1 Å². The van der Waals surface area contributed by atoms with Crippen LogP contribution in [0.15, 0.2) is 10.6 Å². The molecule has 9 heteroatoms. The number of carbonyl (C=O) groups excluding carboxylic acids is 1. The lowest BCUT2D eigenvalue weighted by Crippen LogP contribution is -2.34. The first-order valence-electron chi connectivity index (χ1n) is 4.57. The third kappa shape index (κ3) is 1.93. The summed E-state index contributed by atoms with van der Waals surface area (Å²) in [5.41, 5.74) is 0. The number of amides is 2. The number of urea groups is 1. The Morgan fingerprint density at radius 3 is 2.65 bits per heavy atom. The molecular weight excluding hydrogens is 243 g/mol. The Morgan fingerprint density at radius 2 is 2.24 bits per heavy atom. The van der Waals surface area contributed by atoms with Crippen LogP contribution >= 0.6 is 0 Å². The zero-order valence-corrected chi connectivity index (χ0v) is 8.60. The zero-order chi connectivity index (χ0) is 12.8. The highest BCUT2D eigenvalue weighted by atomic mass is 19.4. The van der Waals surface area contributed by atoms with Crippen molar-refractivity contribution in [3.63, 3.8) is 0 Å². The van der Waals surface area contributed by atoms with E-state index >= 15 is 0 Å². The van der Waals surface area contributed by atoms with Crippen molar-refractivity contribution < 1.29 is 27.6 Å². The van der Waals surface area contributed by atoms with Crippen LogP contribution in [-0.4, -0.2) is 41.0 Å². The Hall–Kier alpha value is -1.77. The van der Waals surface area contributed by atoms with Crippen molar-refractivity contribution in [2.45, 2.75) is 12.4 Å². The van der Waals surface area contributed by atoms with Crippen LogP contribution in [0.5, 0.6) is 0 Å². The standard InChI is InChI=1S/C8H8F3N3O3/c1-13-3-6(15)14(7(13)16)5-2-4(17-12-5)8(9,10)11/h2,6,15H,3H2,1H3. The van der Waals surface area contributed by atoms with E-state index in [0.29, 0.717) is 6.07 Å². The van der Waals surface area contributed by atoms with Crippen LogP contribution < -0.4 is 4.90 Å². The van der Waals surface area contributed by atoms with Crippen LogP contribution in [0.3, 0.4) is 0 Å². The van der Waals surface area contributed by atoms with Crippen LogP contribution in [0.2, 0.25) is 0 Å². The Labute approximate surface area is 93.2 Å². The second-order valence-electron chi connectivity index (χ2n) is 3.56. The fourth-order valence-corrected chi connectivity index (χ4v) is 1.48. The van der Waals surface area contributed by atoms with E-state index in [1.165, 1.54) is 7.05 Å². The van der Waals surface area contributed by atoms with Crippen LogP contribution in [-0.2, 0) is 6.18 Å². The van der Waals surface area contributed by atoms with Crippen molar-refractivity contribution in [1.82, 2.24) is 10.1 Å². The summed E-state index contributed by atoms with van der Waals surface area (Å²) in [5.74, 6) is -1.68. The van der Waals surface area contributed by atoms with Gasteiger partial charge in [-0.1, -0.05) is 5.16 Å². The SMILES string of the molecule is CN1CC(O)N(c2cc(C(F)(F)F)on2)C1=O. The fourth-order valence-electron chi connectivity index (χ4n) is 1.48. The summed E-state index contributed by atoms with van der Waals surface area (Å²) >= 11 is 0. The smallest absolute Gasteiger partial charge is 0.371 e. The van der Waals surface area contributed by atoms with Crippen LogP contribution in [0.1, 0.15) is 5.76 Å². The molecule has 1 fully saturated rings.